The van der Waals surface area contributed by atoms with Crippen LogP contribution in [0.4, 0.5) is 5.95 Å². The largest absolute Gasteiger partial charge is 0.354 e. The molecule has 7 nitrogen and oxygen atoms in total. The summed E-state index contributed by atoms with van der Waals surface area (Å²) in [5.74, 6) is 1.12. The molecule has 7 heteroatoms. The van der Waals surface area contributed by atoms with Crippen molar-refractivity contribution in [1.82, 2.24) is 20.6 Å². The molecule has 0 atom stereocenters. The van der Waals surface area contributed by atoms with Crippen molar-refractivity contribution in [3.05, 3.63) is 18.5 Å². The van der Waals surface area contributed by atoms with Gasteiger partial charge in [0, 0.05) is 39.6 Å². The average Bonchev–Trinajstić information content (AvgIpc) is 2.38. The van der Waals surface area contributed by atoms with Gasteiger partial charge in [0.25, 0.3) is 0 Å². The van der Waals surface area contributed by atoms with Gasteiger partial charge in [-0.3, -0.25) is 10.3 Å². The molecule has 1 aromatic rings. The van der Waals surface area contributed by atoms with E-state index < -0.39 is 0 Å². The molecule has 0 aliphatic heterocycles. The van der Waals surface area contributed by atoms with Gasteiger partial charge in [0.05, 0.1) is 0 Å². The van der Waals surface area contributed by atoms with E-state index >= 15 is 0 Å². The number of nitriles is 1. The summed E-state index contributed by atoms with van der Waals surface area (Å²) in [7, 11) is 3.51. The highest BCUT2D eigenvalue weighted by molar-refractivity contribution is 5.80. The number of anilines is 1. The van der Waals surface area contributed by atoms with E-state index in [0.29, 0.717) is 25.0 Å². The minimum Gasteiger partial charge on any atom is -0.354 e. The minimum absolute atomic E-state index is 0.454. The predicted molar refractivity (Wildman–Crippen MR) is 65.4 cm³/mol. The Morgan fingerprint density at radius 1 is 1.53 bits per heavy atom. The van der Waals surface area contributed by atoms with E-state index in [1.165, 1.54) is 0 Å². The monoisotopic (exact) mass is 233 g/mol. The van der Waals surface area contributed by atoms with Gasteiger partial charge < -0.3 is 10.2 Å². The molecule has 0 saturated carbocycles. The van der Waals surface area contributed by atoms with E-state index in [2.05, 4.69) is 25.6 Å². The zero-order chi connectivity index (χ0) is 12.5. The SMILES string of the molecule is CN=C(NC#N)NCCN(C)c1ncccn1. The lowest BCUT2D eigenvalue weighted by atomic mass is 10.5. The second-order valence-electron chi connectivity index (χ2n) is 3.21. The number of aromatic nitrogens is 2. The summed E-state index contributed by atoms with van der Waals surface area (Å²) < 4.78 is 0. The van der Waals surface area contributed by atoms with Crippen LogP contribution in [0.2, 0.25) is 0 Å². The lowest BCUT2D eigenvalue weighted by Gasteiger charge is -2.17. The standard InChI is InChI=1S/C10H15N7/c1-12-9(16-8-11)13-6-7-17(2)10-14-4-3-5-15-10/h3-5H,6-7H2,1-2H3,(H2,12,13,16). The third-order valence-corrected chi connectivity index (χ3v) is 2.03. The van der Waals surface area contributed by atoms with Crippen LogP contribution in [0.5, 0.6) is 0 Å². The second-order valence-corrected chi connectivity index (χ2v) is 3.21. The lowest BCUT2D eigenvalue weighted by molar-refractivity contribution is 0.787. The number of guanidine groups is 1. The molecule has 0 aliphatic rings. The number of nitrogens with zero attached hydrogens (tertiary/aromatic N) is 5. The van der Waals surface area contributed by atoms with E-state index in [9.17, 15) is 0 Å². The topological polar surface area (TPSA) is 89.2 Å². The summed E-state index contributed by atoms with van der Waals surface area (Å²) in [5, 5.41) is 13.9. The number of rotatable bonds is 4. The van der Waals surface area contributed by atoms with Crippen LogP contribution in [0.3, 0.4) is 0 Å². The second kappa shape index (κ2) is 7.00. The molecule has 0 saturated heterocycles. The molecule has 0 spiro atoms. The molecule has 0 aliphatic carbocycles. The maximum absolute atomic E-state index is 8.44. The number of hydrogen-bond donors (Lipinski definition) is 2. The first-order valence-electron chi connectivity index (χ1n) is 5.12. The maximum atomic E-state index is 8.44. The van der Waals surface area contributed by atoms with Crippen LogP contribution in [0, 0.1) is 11.5 Å². The molecule has 0 radical (unpaired) electrons. The number of nitrogens with one attached hydrogen (secondary N) is 2. The lowest BCUT2D eigenvalue weighted by Crippen LogP contribution is -2.39. The highest BCUT2D eigenvalue weighted by Gasteiger charge is 2.02. The fraction of sp³-hybridized carbons (Fsp3) is 0.400. The first kappa shape index (κ1) is 12.7. The maximum Gasteiger partial charge on any atom is 0.225 e. The smallest absolute Gasteiger partial charge is 0.225 e. The average molecular weight is 233 g/mol. The van der Waals surface area contributed by atoms with Gasteiger partial charge in [-0.1, -0.05) is 0 Å². The molecule has 2 N–H and O–H groups in total. The number of likely N-dealkylation sites (N-methyl/N-ethyl adjacent to an activating group) is 1. The molecule has 0 fully saturated rings. The van der Waals surface area contributed by atoms with E-state index in [-0.39, 0.29) is 0 Å². The summed E-state index contributed by atoms with van der Waals surface area (Å²) in [6.45, 7) is 1.34. The zero-order valence-corrected chi connectivity index (χ0v) is 9.88. The van der Waals surface area contributed by atoms with E-state index in [1.807, 2.05) is 11.9 Å². The van der Waals surface area contributed by atoms with Crippen LogP contribution in [0.25, 0.3) is 0 Å². The molecule has 0 bridgehead atoms. The number of hydrogen-bond acceptors (Lipinski definition) is 5. The van der Waals surface area contributed by atoms with Crippen molar-refractivity contribution in [3.8, 4) is 6.19 Å². The van der Waals surface area contributed by atoms with E-state index in [1.54, 1.807) is 31.7 Å². The highest BCUT2D eigenvalue weighted by atomic mass is 15.2. The normalized spacial score (nSPS) is 10.5. The molecule has 0 unspecified atom stereocenters. The van der Waals surface area contributed by atoms with E-state index in [4.69, 9.17) is 5.26 Å². The van der Waals surface area contributed by atoms with Crippen molar-refractivity contribution in [2.75, 3.05) is 32.1 Å². The van der Waals surface area contributed by atoms with Crippen LogP contribution >= 0.6 is 0 Å². The van der Waals surface area contributed by atoms with Crippen LogP contribution in [-0.2, 0) is 0 Å². The first-order valence-corrected chi connectivity index (χ1v) is 5.12. The summed E-state index contributed by atoms with van der Waals surface area (Å²) in [5.41, 5.74) is 0. The Balaban J connectivity index is 2.35. The first-order chi connectivity index (χ1) is 8.27. The Hall–Kier alpha value is -2.36. The Morgan fingerprint density at radius 3 is 2.82 bits per heavy atom. The van der Waals surface area contributed by atoms with Gasteiger partial charge in [-0.25, -0.2) is 9.97 Å². The molecule has 90 valence electrons. The highest BCUT2D eigenvalue weighted by Crippen LogP contribution is 1.99. The molecule has 1 aromatic heterocycles. The third kappa shape index (κ3) is 4.34. The van der Waals surface area contributed by atoms with Crippen molar-refractivity contribution in [1.29, 1.82) is 5.26 Å². The van der Waals surface area contributed by atoms with Crippen LogP contribution < -0.4 is 15.5 Å². The van der Waals surface area contributed by atoms with Gasteiger partial charge in [-0.05, 0) is 6.07 Å². The van der Waals surface area contributed by atoms with Gasteiger partial charge in [0.15, 0.2) is 6.19 Å². The van der Waals surface area contributed by atoms with Gasteiger partial charge in [-0.15, -0.1) is 0 Å². The fourth-order valence-corrected chi connectivity index (χ4v) is 1.16. The summed E-state index contributed by atoms with van der Waals surface area (Å²) in [6, 6.07) is 1.77. The van der Waals surface area contributed by atoms with Gasteiger partial charge in [0.1, 0.15) is 0 Å². The molecule has 0 aromatic carbocycles. The quantitative estimate of drug-likeness (QED) is 0.317. The van der Waals surface area contributed by atoms with Crippen LogP contribution in [0.15, 0.2) is 23.5 Å². The number of aliphatic imine (C=N–C) groups is 1. The van der Waals surface area contributed by atoms with E-state index in [0.717, 1.165) is 0 Å². The molecule has 17 heavy (non-hydrogen) atoms. The van der Waals surface area contributed by atoms with Crippen molar-refractivity contribution in [3.63, 3.8) is 0 Å². The summed E-state index contributed by atoms with van der Waals surface area (Å²) in [6.07, 6.45) is 5.20. The van der Waals surface area contributed by atoms with Gasteiger partial charge >= 0.3 is 0 Å². The van der Waals surface area contributed by atoms with Crippen molar-refractivity contribution in [2.45, 2.75) is 0 Å². The minimum atomic E-state index is 0.454. The Labute approximate surface area is 100 Å². The molecule has 1 heterocycles. The third-order valence-electron chi connectivity index (χ3n) is 2.03. The Morgan fingerprint density at radius 2 is 2.24 bits per heavy atom. The molecular weight excluding hydrogens is 218 g/mol. The van der Waals surface area contributed by atoms with Gasteiger partial charge in [-0.2, -0.15) is 5.26 Å². The summed E-state index contributed by atoms with van der Waals surface area (Å²) >= 11 is 0. The Bertz CT molecular complexity index is 395. The van der Waals surface area contributed by atoms with Crippen molar-refractivity contribution < 1.29 is 0 Å². The summed E-state index contributed by atoms with van der Waals surface area (Å²) in [4.78, 5) is 14.0. The molecular formula is C10H15N7. The van der Waals surface area contributed by atoms with Crippen molar-refractivity contribution >= 4 is 11.9 Å². The fourth-order valence-electron chi connectivity index (χ4n) is 1.16. The Kier molecular flexibility index (Phi) is 5.24. The predicted octanol–water partition coefficient (Wildman–Crippen LogP) is -0.441. The molecule has 0 amide bonds. The zero-order valence-electron chi connectivity index (χ0n) is 9.88. The van der Waals surface area contributed by atoms with Gasteiger partial charge in [0.2, 0.25) is 11.9 Å². The van der Waals surface area contributed by atoms with Crippen LogP contribution in [0.1, 0.15) is 0 Å². The molecule has 1 rings (SSSR count). The van der Waals surface area contributed by atoms with Crippen LogP contribution in [-0.4, -0.2) is 43.1 Å². The van der Waals surface area contributed by atoms with Crippen molar-refractivity contribution in [2.24, 2.45) is 4.99 Å².